The van der Waals surface area contributed by atoms with Gasteiger partial charge in [-0.25, -0.2) is 0 Å². The molecule has 0 aliphatic carbocycles. The van der Waals surface area contributed by atoms with Gasteiger partial charge in [0.05, 0.1) is 0 Å². The number of rotatable bonds is 2. The molecule has 0 N–H and O–H groups in total. The smallest absolute Gasteiger partial charge is 0.418 e. The summed E-state index contributed by atoms with van der Waals surface area (Å²) in [5.74, 6) is -0.706. The maximum atomic E-state index is 11.9. The Morgan fingerprint density at radius 1 is 1.10 bits per heavy atom. The molecule has 0 aromatic heterocycles. The first kappa shape index (κ1) is 19.0. The van der Waals surface area contributed by atoms with Crippen LogP contribution in [0.5, 0.6) is 5.75 Å². The molecule has 14 heteroatoms. The molecule has 0 heterocycles. The Balaban J connectivity index is 0.000000690. The minimum absolute atomic E-state index is 0.421. The van der Waals surface area contributed by atoms with Crippen molar-refractivity contribution >= 4 is 23.1 Å². The maximum Gasteiger partial charge on any atom is 0.673 e. The van der Waals surface area contributed by atoms with Crippen molar-refractivity contribution in [2.24, 2.45) is 0 Å². The fraction of sp³-hybridized carbons (Fsp3) is 0.143. The first-order chi connectivity index (χ1) is 9.28. The van der Waals surface area contributed by atoms with Gasteiger partial charge in [-0.15, -0.1) is 0 Å². The molecule has 21 heavy (non-hydrogen) atoms. The lowest BCUT2D eigenvalue weighted by Crippen LogP contribution is -2.28. The zero-order chi connectivity index (χ0) is 16.9. The second kappa shape index (κ2) is 6.61. The quantitative estimate of drug-likeness (QED) is 0.271. The van der Waals surface area contributed by atoms with Gasteiger partial charge in [-0.2, -0.15) is 21.6 Å². The molecule has 1 rings (SSSR count). The summed E-state index contributed by atoms with van der Waals surface area (Å²) in [4.78, 5) is 2.58. The van der Waals surface area contributed by atoms with Gasteiger partial charge < -0.3 is 21.4 Å². The first-order valence-electron chi connectivity index (χ1n) is 4.60. The predicted molar refractivity (Wildman–Crippen MR) is 57.0 cm³/mol. The van der Waals surface area contributed by atoms with Gasteiger partial charge in [0.2, 0.25) is 11.1 Å². The highest BCUT2D eigenvalue weighted by Crippen LogP contribution is 2.32. The number of nitrogens with zero attached hydrogens (tertiary/aromatic N) is 2. The van der Waals surface area contributed by atoms with Gasteiger partial charge in [-0.05, 0) is 6.07 Å². The third-order valence-corrected chi connectivity index (χ3v) is 2.42. The van der Waals surface area contributed by atoms with Crippen LogP contribution in [0.1, 0.15) is 0 Å². The largest absolute Gasteiger partial charge is 0.673 e. The zero-order valence-corrected chi connectivity index (χ0v) is 10.4. The van der Waals surface area contributed by atoms with Crippen molar-refractivity contribution in [1.82, 2.24) is 0 Å². The first-order valence-corrected chi connectivity index (χ1v) is 6.01. The lowest BCUT2D eigenvalue weighted by molar-refractivity contribution is -0.0499. The van der Waals surface area contributed by atoms with E-state index in [-0.39, 0.29) is 0 Å². The highest BCUT2D eigenvalue weighted by molar-refractivity contribution is 7.88. The molecule has 0 bridgehead atoms. The standard InChI is InChI=1S/C7H4F3N2O3S.BF4/c8-7(9,10)16(13,14)15-6-4-2-1-3-5(6)12-11;2-1(3,4)5/h1-4H;/q+1;-1. The Morgan fingerprint density at radius 2 is 1.52 bits per heavy atom. The van der Waals surface area contributed by atoms with Crippen molar-refractivity contribution < 1.29 is 43.0 Å². The van der Waals surface area contributed by atoms with Crippen LogP contribution in [0.15, 0.2) is 24.3 Å². The molecule has 0 fully saturated rings. The minimum Gasteiger partial charge on any atom is -0.418 e. The Labute approximate surface area is 113 Å². The van der Waals surface area contributed by atoms with Gasteiger partial charge in [0.15, 0.2) is 4.98 Å². The van der Waals surface area contributed by atoms with E-state index >= 15 is 0 Å². The van der Waals surface area contributed by atoms with E-state index in [4.69, 9.17) is 5.39 Å². The SMILES string of the molecule is F[B-](F)(F)F.N#[N+]c1ccccc1OS(=O)(=O)C(F)(F)F. The van der Waals surface area contributed by atoms with Crippen LogP contribution < -0.4 is 4.18 Å². The van der Waals surface area contributed by atoms with Gasteiger partial charge in [0.25, 0.3) is 0 Å². The van der Waals surface area contributed by atoms with Gasteiger partial charge >= 0.3 is 28.6 Å². The molecule has 0 aliphatic heterocycles. The molecule has 0 radical (unpaired) electrons. The summed E-state index contributed by atoms with van der Waals surface area (Å²) in [6.45, 7) is 0. The molecule has 0 saturated carbocycles. The third-order valence-electron chi connectivity index (χ3n) is 1.46. The molecule has 0 spiro atoms. The molecule has 0 amide bonds. The summed E-state index contributed by atoms with van der Waals surface area (Å²) in [5.41, 5.74) is -5.95. The molecule has 0 atom stereocenters. The topological polar surface area (TPSA) is 71.5 Å². The van der Waals surface area contributed by atoms with Crippen LogP contribution in [0.2, 0.25) is 0 Å². The summed E-state index contributed by atoms with van der Waals surface area (Å²) in [5, 5.41) is 8.39. The number of halogens is 7. The Bertz CT molecular complexity index is 616. The van der Waals surface area contributed by atoms with Crippen LogP contribution >= 0.6 is 0 Å². The molecule has 0 aliphatic rings. The molecule has 118 valence electrons. The second-order valence-electron chi connectivity index (χ2n) is 3.05. The number of hydrogen-bond donors (Lipinski definition) is 0. The van der Waals surface area contributed by atoms with E-state index in [0.717, 1.165) is 12.1 Å². The molecule has 1 aromatic rings. The van der Waals surface area contributed by atoms with Crippen molar-refractivity contribution in [3.05, 3.63) is 29.2 Å². The van der Waals surface area contributed by atoms with E-state index in [1.807, 2.05) is 0 Å². The van der Waals surface area contributed by atoms with Crippen LogP contribution in [0.3, 0.4) is 0 Å². The average molecular weight is 340 g/mol. The Kier molecular flexibility index (Phi) is 5.97. The van der Waals surface area contributed by atoms with E-state index in [1.54, 1.807) is 0 Å². The molecule has 1 aromatic carbocycles. The average Bonchev–Trinajstić information content (AvgIpc) is 2.25. The van der Waals surface area contributed by atoms with E-state index in [2.05, 4.69) is 9.16 Å². The van der Waals surface area contributed by atoms with Crippen molar-refractivity contribution in [1.29, 1.82) is 5.39 Å². The van der Waals surface area contributed by atoms with Crippen molar-refractivity contribution in [2.75, 3.05) is 0 Å². The third kappa shape index (κ3) is 7.35. The molecule has 5 nitrogen and oxygen atoms in total. The maximum absolute atomic E-state index is 11.9. The monoisotopic (exact) mass is 340 g/mol. The Hall–Kier alpha value is -2.04. The summed E-state index contributed by atoms with van der Waals surface area (Å²) in [7, 11) is -11.8. The van der Waals surface area contributed by atoms with Gasteiger partial charge in [-0.3, -0.25) is 0 Å². The zero-order valence-electron chi connectivity index (χ0n) is 9.56. The molecular formula is C7H4BF7N2O3S. The summed E-state index contributed by atoms with van der Waals surface area (Å²) >= 11 is 0. The van der Waals surface area contributed by atoms with Gasteiger partial charge in [0.1, 0.15) is 0 Å². The van der Waals surface area contributed by atoms with Crippen LogP contribution in [-0.2, 0) is 10.1 Å². The fourth-order valence-corrected chi connectivity index (χ4v) is 1.25. The Morgan fingerprint density at radius 3 is 1.90 bits per heavy atom. The predicted octanol–water partition coefficient (Wildman–Crippen LogP) is 3.70. The van der Waals surface area contributed by atoms with Crippen molar-refractivity contribution in [2.45, 2.75) is 5.51 Å². The normalized spacial score (nSPS) is 11.9. The molecular weight excluding hydrogens is 336 g/mol. The fourth-order valence-electron chi connectivity index (χ4n) is 0.776. The van der Waals surface area contributed by atoms with Crippen LogP contribution in [0.4, 0.5) is 36.1 Å². The van der Waals surface area contributed by atoms with Gasteiger partial charge in [-0.1, -0.05) is 12.1 Å². The lowest BCUT2D eigenvalue weighted by atomic mass is 10.3. The van der Waals surface area contributed by atoms with Crippen LogP contribution in [0, 0.1) is 5.39 Å². The van der Waals surface area contributed by atoms with Gasteiger partial charge in [0, 0.05) is 6.07 Å². The van der Waals surface area contributed by atoms with E-state index in [9.17, 15) is 38.9 Å². The second-order valence-corrected chi connectivity index (χ2v) is 4.58. The number of diazo groups is 1. The summed E-state index contributed by atoms with van der Waals surface area (Å²) < 4.78 is 99.9. The minimum atomic E-state index is -6.00. The number of benzene rings is 1. The van der Waals surface area contributed by atoms with Crippen LogP contribution in [0.25, 0.3) is 4.98 Å². The summed E-state index contributed by atoms with van der Waals surface area (Å²) in [6.07, 6.45) is 0. The molecule has 0 unspecified atom stereocenters. The van der Waals surface area contributed by atoms with E-state index in [1.165, 1.54) is 12.1 Å². The van der Waals surface area contributed by atoms with Crippen molar-refractivity contribution in [3.8, 4) is 5.75 Å². The highest BCUT2D eigenvalue weighted by atomic mass is 32.2. The van der Waals surface area contributed by atoms with Crippen LogP contribution in [-0.4, -0.2) is 21.2 Å². The van der Waals surface area contributed by atoms with E-state index < -0.39 is 34.3 Å². The lowest BCUT2D eigenvalue weighted by Gasteiger charge is -2.07. The van der Waals surface area contributed by atoms with E-state index in [0.29, 0.717) is 0 Å². The highest BCUT2D eigenvalue weighted by Gasteiger charge is 2.49. The van der Waals surface area contributed by atoms with Crippen molar-refractivity contribution in [3.63, 3.8) is 0 Å². The number of alkyl halides is 3. The number of hydrogen-bond acceptors (Lipinski definition) is 4. The number of para-hydroxylation sites is 1. The molecule has 0 saturated heterocycles. The summed E-state index contributed by atoms with van der Waals surface area (Å²) in [6, 6.07) is 4.58.